The van der Waals surface area contributed by atoms with Crippen LogP contribution in [0.4, 0.5) is 8.78 Å². The smallest absolute Gasteiger partial charge is 0.253 e. The lowest BCUT2D eigenvalue weighted by atomic mass is 10.1. The molecule has 3 rings (SSSR count). The van der Waals surface area contributed by atoms with Crippen LogP contribution in [0.3, 0.4) is 0 Å². The topological polar surface area (TPSA) is 56.7 Å². The van der Waals surface area contributed by atoms with Crippen LogP contribution in [0.2, 0.25) is 0 Å². The number of benzene rings is 2. The third-order valence-corrected chi connectivity index (χ3v) is 4.98. The summed E-state index contributed by atoms with van der Waals surface area (Å²) in [6, 6.07) is 10.8. The van der Waals surface area contributed by atoms with E-state index >= 15 is 0 Å². The van der Waals surface area contributed by atoms with Gasteiger partial charge in [0.25, 0.3) is 5.91 Å². The first-order chi connectivity index (χ1) is 14.1. The van der Waals surface area contributed by atoms with Gasteiger partial charge in [-0.3, -0.25) is 9.79 Å². The average molecular weight is 400 g/mol. The van der Waals surface area contributed by atoms with Gasteiger partial charge in [0.05, 0.1) is 0 Å². The third kappa shape index (κ3) is 5.76. The van der Waals surface area contributed by atoms with Crippen molar-refractivity contribution in [3.05, 3.63) is 70.8 Å². The van der Waals surface area contributed by atoms with Crippen LogP contribution in [0.5, 0.6) is 0 Å². The molecular formula is C22H26F2N4O. The molecule has 2 aromatic rings. The van der Waals surface area contributed by atoms with Gasteiger partial charge < -0.3 is 15.5 Å². The molecule has 0 unspecified atom stereocenters. The van der Waals surface area contributed by atoms with Crippen LogP contribution in [-0.2, 0) is 13.1 Å². The monoisotopic (exact) mass is 400 g/mol. The number of hydrogen-bond acceptors (Lipinski definition) is 2. The molecule has 0 bridgehead atoms. The second-order valence-electron chi connectivity index (χ2n) is 7.06. The molecule has 0 aliphatic carbocycles. The first-order valence-corrected chi connectivity index (χ1v) is 9.83. The number of nitrogens with zero attached hydrogens (tertiary/aromatic N) is 2. The minimum absolute atomic E-state index is 0.0822. The van der Waals surface area contributed by atoms with Crippen LogP contribution < -0.4 is 10.6 Å². The van der Waals surface area contributed by atoms with Gasteiger partial charge in [-0.05, 0) is 55.2 Å². The largest absolute Gasteiger partial charge is 0.352 e. The molecule has 154 valence electrons. The van der Waals surface area contributed by atoms with Crippen molar-refractivity contribution in [2.45, 2.75) is 32.4 Å². The van der Waals surface area contributed by atoms with Crippen LogP contribution in [0.1, 0.15) is 40.7 Å². The van der Waals surface area contributed by atoms with Crippen molar-refractivity contribution >= 4 is 11.9 Å². The highest BCUT2D eigenvalue weighted by Gasteiger charge is 2.17. The van der Waals surface area contributed by atoms with E-state index in [4.69, 9.17) is 0 Å². The summed E-state index contributed by atoms with van der Waals surface area (Å²) >= 11 is 0. The zero-order valence-corrected chi connectivity index (χ0v) is 16.5. The minimum atomic E-state index is -0.481. The fourth-order valence-electron chi connectivity index (χ4n) is 3.31. The Morgan fingerprint density at radius 2 is 1.69 bits per heavy atom. The SMILES string of the molecule is CN=C(NCc1ccc(C(=O)N2CCCCC2)cc1)NCc1cc(F)ccc1F. The number of piperidine rings is 1. The Morgan fingerprint density at radius 3 is 2.38 bits per heavy atom. The summed E-state index contributed by atoms with van der Waals surface area (Å²) in [7, 11) is 1.61. The van der Waals surface area contributed by atoms with Crippen molar-refractivity contribution < 1.29 is 13.6 Å². The molecule has 1 heterocycles. The number of aliphatic imine (C=N–C) groups is 1. The Balaban J connectivity index is 1.51. The quantitative estimate of drug-likeness (QED) is 0.597. The van der Waals surface area contributed by atoms with Crippen LogP contribution in [0, 0.1) is 11.6 Å². The molecule has 5 nitrogen and oxygen atoms in total. The van der Waals surface area contributed by atoms with Crippen LogP contribution >= 0.6 is 0 Å². The predicted molar refractivity (Wildman–Crippen MR) is 110 cm³/mol. The highest BCUT2D eigenvalue weighted by Crippen LogP contribution is 2.14. The maximum atomic E-state index is 13.7. The first-order valence-electron chi connectivity index (χ1n) is 9.83. The van der Waals surface area contributed by atoms with E-state index in [0.29, 0.717) is 18.1 Å². The van der Waals surface area contributed by atoms with Gasteiger partial charge in [0.2, 0.25) is 0 Å². The van der Waals surface area contributed by atoms with Crippen molar-refractivity contribution in [2.75, 3.05) is 20.1 Å². The molecule has 1 aliphatic rings. The summed E-state index contributed by atoms with van der Waals surface area (Å²) in [5.74, 6) is -0.394. The number of carbonyl (C=O) groups is 1. The summed E-state index contributed by atoms with van der Waals surface area (Å²) in [6.45, 7) is 2.27. The summed E-state index contributed by atoms with van der Waals surface area (Å²) < 4.78 is 27.0. The molecule has 29 heavy (non-hydrogen) atoms. The molecule has 0 atom stereocenters. The molecule has 7 heteroatoms. The molecule has 2 N–H and O–H groups in total. The van der Waals surface area contributed by atoms with Gasteiger partial charge >= 0.3 is 0 Å². The molecule has 2 aromatic carbocycles. The van der Waals surface area contributed by atoms with E-state index in [2.05, 4.69) is 15.6 Å². The second kappa shape index (κ2) is 10.0. The number of guanidine groups is 1. The second-order valence-corrected chi connectivity index (χ2v) is 7.06. The number of halogens is 2. The van der Waals surface area contributed by atoms with Crippen molar-refractivity contribution in [3.63, 3.8) is 0 Å². The van der Waals surface area contributed by atoms with Crippen molar-refractivity contribution in [2.24, 2.45) is 4.99 Å². The van der Waals surface area contributed by atoms with Crippen LogP contribution in [-0.4, -0.2) is 36.9 Å². The van der Waals surface area contributed by atoms with Crippen molar-refractivity contribution in [3.8, 4) is 0 Å². The number of carbonyl (C=O) groups excluding carboxylic acids is 1. The Labute approximate surface area is 169 Å². The summed E-state index contributed by atoms with van der Waals surface area (Å²) in [5, 5.41) is 6.10. The molecule has 1 fully saturated rings. The lowest BCUT2D eigenvalue weighted by Crippen LogP contribution is -2.36. The highest BCUT2D eigenvalue weighted by molar-refractivity contribution is 5.94. The fourth-order valence-corrected chi connectivity index (χ4v) is 3.31. The van der Waals surface area contributed by atoms with E-state index in [9.17, 15) is 13.6 Å². The molecule has 0 aromatic heterocycles. The molecule has 0 spiro atoms. The highest BCUT2D eigenvalue weighted by atomic mass is 19.1. The molecule has 0 saturated carbocycles. The van der Waals surface area contributed by atoms with E-state index in [0.717, 1.165) is 49.7 Å². The molecule has 1 saturated heterocycles. The number of amides is 1. The standard InChI is InChI=1S/C22H26F2N4O/c1-25-22(27-15-18-13-19(23)9-10-20(18)24)26-14-16-5-7-17(8-6-16)21(29)28-11-3-2-4-12-28/h5-10,13H,2-4,11-12,14-15H2,1H3,(H2,25,26,27). The summed E-state index contributed by atoms with van der Waals surface area (Å²) in [6.07, 6.45) is 3.33. The maximum absolute atomic E-state index is 13.7. The Kier molecular flexibility index (Phi) is 7.16. The number of likely N-dealkylation sites (tertiary alicyclic amines) is 1. The van der Waals surface area contributed by atoms with Crippen molar-refractivity contribution in [1.29, 1.82) is 0 Å². The maximum Gasteiger partial charge on any atom is 0.253 e. The minimum Gasteiger partial charge on any atom is -0.352 e. The number of nitrogens with one attached hydrogen (secondary N) is 2. The van der Waals surface area contributed by atoms with Gasteiger partial charge in [-0.25, -0.2) is 8.78 Å². The lowest BCUT2D eigenvalue weighted by molar-refractivity contribution is 0.0724. The third-order valence-electron chi connectivity index (χ3n) is 4.98. The zero-order valence-electron chi connectivity index (χ0n) is 16.5. The Morgan fingerprint density at radius 1 is 1.00 bits per heavy atom. The number of hydrogen-bond donors (Lipinski definition) is 2. The Hall–Kier alpha value is -2.96. The molecular weight excluding hydrogens is 374 g/mol. The van der Waals surface area contributed by atoms with Gasteiger partial charge in [-0.15, -0.1) is 0 Å². The average Bonchev–Trinajstić information content (AvgIpc) is 2.76. The molecule has 0 radical (unpaired) electrons. The molecule has 1 aliphatic heterocycles. The first kappa shape index (κ1) is 20.8. The lowest BCUT2D eigenvalue weighted by Gasteiger charge is -2.26. The van der Waals surface area contributed by atoms with Gasteiger partial charge in [0, 0.05) is 44.4 Å². The van der Waals surface area contributed by atoms with E-state index < -0.39 is 11.6 Å². The predicted octanol–water partition coefficient (Wildman–Crippen LogP) is 3.46. The summed E-state index contributed by atoms with van der Waals surface area (Å²) in [5.41, 5.74) is 1.91. The van der Waals surface area contributed by atoms with E-state index in [1.165, 1.54) is 6.42 Å². The molecule has 1 amide bonds. The normalized spacial score (nSPS) is 14.6. The fraction of sp³-hybridized carbons (Fsp3) is 0.364. The van der Waals surface area contributed by atoms with Gasteiger partial charge in [-0.2, -0.15) is 0 Å². The number of rotatable bonds is 5. The van der Waals surface area contributed by atoms with Crippen LogP contribution in [0.25, 0.3) is 0 Å². The summed E-state index contributed by atoms with van der Waals surface area (Å²) in [4.78, 5) is 18.5. The van der Waals surface area contributed by atoms with Gasteiger partial charge in [0.15, 0.2) is 5.96 Å². The van der Waals surface area contributed by atoms with E-state index in [-0.39, 0.29) is 18.0 Å². The Bertz CT molecular complexity index is 862. The van der Waals surface area contributed by atoms with Gasteiger partial charge in [0.1, 0.15) is 11.6 Å². The van der Waals surface area contributed by atoms with Crippen molar-refractivity contribution in [1.82, 2.24) is 15.5 Å². The van der Waals surface area contributed by atoms with Crippen LogP contribution in [0.15, 0.2) is 47.5 Å². The van der Waals surface area contributed by atoms with E-state index in [1.54, 1.807) is 7.05 Å². The van der Waals surface area contributed by atoms with E-state index in [1.807, 2.05) is 29.2 Å². The zero-order chi connectivity index (χ0) is 20.6. The van der Waals surface area contributed by atoms with Gasteiger partial charge in [-0.1, -0.05) is 12.1 Å².